The topological polar surface area (TPSA) is 0 Å². The van der Waals surface area contributed by atoms with Crippen LogP contribution in [-0.2, 0) is 12.8 Å². The molecule has 0 spiro atoms. The molecule has 1 nitrogen and oxygen atoms in total. The predicted molar refractivity (Wildman–Crippen MR) is 113 cm³/mol. The number of hydrogen-bond donors (Lipinski definition) is 0. The van der Waals surface area contributed by atoms with Gasteiger partial charge in [-0.3, -0.25) is 4.48 Å². The van der Waals surface area contributed by atoms with Gasteiger partial charge in [0.25, 0.3) is 0 Å². The van der Waals surface area contributed by atoms with Gasteiger partial charge >= 0.3 is 0 Å². The van der Waals surface area contributed by atoms with Gasteiger partial charge in [0, 0.05) is 18.4 Å². The van der Waals surface area contributed by atoms with E-state index in [1.165, 1.54) is 27.9 Å². The summed E-state index contributed by atoms with van der Waals surface area (Å²) < 4.78 is 1.06. The molecule has 0 saturated carbocycles. The van der Waals surface area contributed by atoms with Gasteiger partial charge in [0.05, 0.1) is 19.6 Å². The van der Waals surface area contributed by atoms with Crippen LogP contribution in [0.2, 0.25) is 0 Å². The summed E-state index contributed by atoms with van der Waals surface area (Å²) in [5.74, 6) is 0. The number of quaternary nitrogens is 1. The van der Waals surface area contributed by atoms with Crippen molar-refractivity contribution in [3.63, 3.8) is 0 Å². The van der Waals surface area contributed by atoms with Crippen molar-refractivity contribution in [3.8, 4) is 11.1 Å². The van der Waals surface area contributed by atoms with Crippen LogP contribution in [0.5, 0.6) is 0 Å². The van der Waals surface area contributed by atoms with Crippen molar-refractivity contribution >= 4 is 5.69 Å². The summed E-state index contributed by atoms with van der Waals surface area (Å²) in [5, 5.41) is 0. The zero-order valence-corrected chi connectivity index (χ0v) is 15.9. The maximum absolute atomic E-state index is 2.38. The third-order valence-corrected chi connectivity index (χ3v) is 6.22. The van der Waals surface area contributed by atoms with Gasteiger partial charge in [0.2, 0.25) is 0 Å². The zero-order valence-electron chi connectivity index (χ0n) is 15.9. The maximum Gasteiger partial charge on any atom is 0.137 e. The molecule has 0 aliphatic heterocycles. The molecule has 4 rings (SSSR count). The highest BCUT2D eigenvalue weighted by atomic mass is 15.3. The van der Waals surface area contributed by atoms with Gasteiger partial charge in [0.1, 0.15) is 5.69 Å². The first-order valence-corrected chi connectivity index (χ1v) is 9.88. The number of benzene rings is 3. The fraction of sp³-hybridized carbons (Fsp3) is 0.280. The lowest BCUT2D eigenvalue weighted by atomic mass is 10.0. The maximum atomic E-state index is 2.38. The first-order chi connectivity index (χ1) is 12.8. The van der Waals surface area contributed by atoms with Gasteiger partial charge in [-0.2, -0.15) is 0 Å². The summed E-state index contributed by atoms with van der Waals surface area (Å²) >= 11 is 0. The minimum absolute atomic E-state index is 1.06. The number of likely N-dealkylation sites (N-methyl/N-ethyl adjacent to an activating group) is 1. The lowest BCUT2D eigenvalue weighted by molar-refractivity contribution is 0.302. The van der Waals surface area contributed by atoms with Gasteiger partial charge in [0.15, 0.2) is 0 Å². The van der Waals surface area contributed by atoms with E-state index in [1.54, 1.807) is 5.56 Å². The third kappa shape index (κ3) is 2.87. The van der Waals surface area contributed by atoms with E-state index >= 15 is 0 Å². The second kappa shape index (κ2) is 7.09. The fourth-order valence-corrected chi connectivity index (χ4v) is 4.57. The fourth-order valence-electron chi connectivity index (χ4n) is 4.57. The molecule has 1 heteroatoms. The molecule has 3 aromatic rings. The minimum Gasteiger partial charge on any atom is -0.291 e. The molecule has 26 heavy (non-hydrogen) atoms. The Hall–Kier alpha value is -2.38. The standard InChI is InChI=1S/C25H28N/c1-3-26(4-2,18-17-20-11-6-5-7-12-20)25-16-10-15-23-22-14-9-8-13-21(22)19-24(23)25/h5-16H,3-4,17-19H2,1-2H3/q+1. The molecule has 3 aromatic carbocycles. The van der Waals surface area contributed by atoms with Crippen LogP contribution in [0.25, 0.3) is 11.1 Å². The molecule has 0 unspecified atom stereocenters. The zero-order chi connectivity index (χ0) is 18.0. The molecule has 0 bridgehead atoms. The van der Waals surface area contributed by atoms with Crippen LogP contribution in [0, 0.1) is 0 Å². The van der Waals surface area contributed by atoms with Crippen LogP contribution in [0.3, 0.4) is 0 Å². The van der Waals surface area contributed by atoms with Gasteiger partial charge in [-0.1, -0.05) is 66.7 Å². The van der Waals surface area contributed by atoms with E-state index in [4.69, 9.17) is 0 Å². The summed E-state index contributed by atoms with van der Waals surface area (Å²) in [6, 6.07) is 26.8. The van der Waals surface area contributed by atoms with Gasteiger partial charge in [-0.05, 0) is 42.2 Å². The highest BCUT2D eigenvalue weighted by Gasteiger charge is 2.33. The van der Waals surface area contributed by atoms with Crippen molar-refractivity contribution in [2.75, 3.05) is 19.6 Å². The van der Waals surface area contributed by atoms with E-state index in [9.17, 15) is 0 Å². The Balaban J connectivity index is 1.72. The second-order valence-corrected chi connectivity index (χ2v) is 7.37. The second-order valence-electron chi connectivity index (χ2n) is 7.37. The molecular formula is C25H28N+. The molecule has 0 amide bonds. The number of fused-ring (bicyclic) bond motifs is 3. The molecular weight excluding hydrogens is 314 g/mol. The van der Waals surface area contributed by atoms with Crippen molar-refractivity contribution in [2.45, 2.75) is 26.7 Å². The van der Waals surface area contributed by atoms with Crippen LogP contribution < -0.4 is 4.48 Å². The van der Waals surface area contributed by atoms with E-state index in [0.29, 0.717) is 0 Å². The van der Waals surface area contributed by atoms with Crippen LogP contribution in [0.4, 0.5) is 5.69 Å². The average Bonchev–Trinajstić information content (AvgIpc) is 3.09. The Kier molecular flexibility index (Phi) is 4.65. The summed E-state index contributed by atoms with van der Waals surface area (Å²) in [6.07, 6.45) is 2.20. The highest BCUT2D eigenvalue weighted by molar-refractivity contribution is 5.81. The highest BCUT2D eigenvalue weighted by Crippen LogP contribution is 2.43. The molecule has 0 atom stereocenters. The van der Waals surface area contributed by atoms with Crippen molar-refractivity contribution in [1.29, 1.82) is 0 Å². The first-order valence-electron chi connectivity index (χ1n) is 9.88. The van der Waals surface area contributed by atoms with Crippen LogP contribution in [0.15, 0.2) is 72.8 Å². The molecule has 0 N–H and O–H groups in total. The molecule has 0 fully saturated rings. The van der Waals surface area contributed by atoms with Crippen LogP contribution in [-0.4, -0.2) is 19.6 Å². The summed E-state index contributed by atoms with van der Waals surface area (Å²) in [4.78, 5) is 0. The van der Waals surface area contributed by atoms with E-state index in [0.717, 1.165) is 37.0 Å². The molecule has 0 heterocycles. The molecule has 1 aliphatic rings. The van der Waals surface area contributed by atoms with Crippen LogP contribution >= 0.6 is 0 Å². The summed E-state index contributed by atoms with van der Waals surface area (Å²) in [5.41, 5.74) is 8.86. The third-order valence-electron chi connectivity index (χ3n) is 6.22. The first kappa shape index (κ1) is 17.1. The van der Waals surface area contributed by atoms with Crippen molar-refractivity contribution in [1.82, 2.24) is 4.48 Å². The Morgan fingerprint density at radius 3 is 2.19 bits per heavy atom. The van der Waals surface area contributed by atoms with Crippen LogP contribution in [0.1, 0.15) is 30.5 Å². The lowest BCUT2D eigenvalue weighted by Crippen LogP contribution is -2.51. The Bertz CT molecular complexity index is 891. The normalized spacial score (nSPS) is 12.7. The largest absolute Gasteiger partial charge is 0.291 e. The quantitative estimate of drug-likeness (QED) is 0.386. The summed E-state index contributed by atoms with van der Waals surface area (Å²) in [6.45, 7) is 8.11. The van der Waals surface area contributed by atoms with E-state index in [-0.39, 0.29) is 0 Å². The lowest BCUT2D eigenvalue weighted by Gasteiger charge is -2.38. The molecule has 0 aromatic heterocycles. The summed E-state index contributed by atoms with van der Waals surface area (Å²) in [7, 11) is 0. The van der Waals surface area contributed by atoms with Crippen molar-refractivity contribution < 1.29 is 0 Å². The smallest absolute Gasteiger partial charge is 0.137 e. The predicted octanol–water partition coefficient (Wildman–Crippen LogP) is 5.85. The Labute approximate surface area is 157 Å². The number of hydrogen-bond acceptors (Lipinski definition) is 0. The van der Waals surface area contributed by atoms with E-state index in [1.807, 2.05) is 0 Å². The van der Waals surface area contributed by atoms with Gasteiger partial charge in [-0.15, -0.1) is 0 Å². The van der Waals surface area contributed by atoms with Gasteiger partial charge in [-0.25, -0.2) is 0 Å². The Morgan fingerprint density at radius 2 is 1.42 bits per heavy atom. The number of nitrogens with zero attached hydrogens (tertiary/aromatic N) is 1. The molecule has 0 saturated heterocycles. The average molecular weight is 343 g/mol. The SMILES string of the molecule is CC[N+](CC)(CCc1ccccc1)c1cccc2c1Cc1ccccc1-2. The molecule has 1 aliphatic carbocycles. The Morgan fingerprint density at radius 1 is 0.731 bits per heavy atom. The van der Waals surface area contributed by atoms with E-state index in [2.05, 4.69) is 86.6 Å². The van der Waals surface area contributed by atoms with Crippen molar-refractivity contribution in [3.05, 3.63) is 89.5 Å². The minimum atomic E-state index is 1.06. The number of rotatable bonds is 6. The monoisotopic (exact) mass is 342 g/mol. The van der Waals surface area contributed by atoms with E-state index < -0.39 is 0 Å². The van der Waals surface area contributed by atoms with Gasteiger partial charge < -0.3 is 0 Å². The van der Waals surface area contributed by atoms with Crippen molar-refractivity contribution in [2.24, 2.45) is 0 Å². The molecule has 0 radical (unpaired) electrons. The molecule has 132 valence electrons.